The van der Waals surface area contributed by atoms with Crippen molar-refractivity contribution in [3.8, 4) is 11.5 Å². The summed E-state index contributed by atoms with van der Waals surface area (Å²) in [5.41, 5.74) is -0.831. The van der Waals surface area contributed by atoms with E-state index in [9.17, 15) is 29.6 Å². The molecule has 0 spiro atoms. The van der Waals surface area contributed by atoms with Crippen LogP contribution in [0, 0.1) is 22.0 Å². The van der Waals surface area contributed by atoms with Crippen LogP contribution in [0.5, 0.6) is 11.5 Å². The number of nitro groups is 1. The molecule has 2 fully saturated rings. The molecular weight excluding hydrogens is 514 g/mol. The number of nitrogens with zero attached hydrogens (tertiary/aromatic N) is 2. The van der Waals surface area contributed by atoms with E-state index in [1.165, 1.54) is 24.3 Å². The van der Waals surface area contributed by atoms with Gasteiger partial charge in [-0.2, -0.15) is 0 Å². The molecule has 0 bridgehead atoms. The Morgan fingerprint density at radius 1 is 1.02 bits per heavy atom. The predicted molar refractivity (Wildman–Crippen MR) is 145 cm³/mol. The van der Waals surface area contributed by atoms with Crippen molar-refractivity contribution in [1.29, 1.82) is 0 Å². The highest BCUT2D eigenvalue weighted by Gasteiger charge is 2.68. The van der Waals surface area contributed by atoms with E-state index in [0.29, 0.717) is 22.6 Å². The molecule has 0 aliphatic carbocycles. The number of carbonyl (C=O) groups excluding carboxylic acids is 2. The highest BCUT2D eigenvalue weighted by molar-refractivity contribution is 6.09. The zero-order valence-corrected chi connectivity index (χ0v) is 21.6. The maximum absolute atomic E-state index is 13.6. The van der Waals surface area contributed by atoms with Crippen LogP contribution in [0.1, 0.15) is 24.1 Å². The first kappa shape index (κ1) is 26.8. The Balaban J connectivity index is 1.52. The quantitative estimate of drug-likeness (QED) is 0.177. The Bertz CT molecular complexity index is 1470. The monoisotopic (exact) mass is 541 g/mol. The molecule has 4 unspecified atom stereocenters. The standard InChI is InChI=1S/C30H27N3O7/c1-2-3-17-32-27(34)24-25(28(32)35)30(29(36)37,18-19-9-13-21(14-10-19)33(38)39)31-26(24)20-11-15-23(16-12-20)40-22-7-5-4-6-8-22/h2-16,24-26,31H,17-18H2,1H3,(H,36,37). The number of non-ortho nitro benzene ring substituents is 1. The van der Waals surface area contributed by atoms with E-state index in [4.69, 9.17) is 4.74 Å². The van der Waals surface area contributed by atoms with E-state index in [0.717, 1.165) is 4.90 Å². The van der Waals surface area contributed by atoms with Gasteiger partial charge in [-0.15, -0.1) is 0 Å². The van der Waals surface area contributed by atoms with Gasteiger partial charge >= 0.3 is 5.97 Å². The normalized spacial score (nSPS) is 23.9. The first-order chi connectivity index (χ1) is 19.2. The van der Waals surface area contributed by atoms with Crippen molar-refractivity contribution in [3.05, 3.63) is 112 Å². The number of nitro benzene ring substituents is 1. The molecule has 2 aliphatic rings. The van der Waals surface area contributed by atoms with Gasteiger partial charge in [-0.3, -0.25) is 34.7 Å². The number of ether oxygens (including phenoxy) is 1. The summed E-state index contributed by atoms with van der Waals surface area (Å²) >= 11 is 0. The van der Waals surface area contributed by atoms with Crippen LogP contribution in [-0.2, 0) is 20.8 Å². The average molecular weight is 542 g/mol. The number of likely N-dealkylation sites (tertiary alicyclic amines) is 1. The van der Waals surface area contributed by atoms with Crippen molar-refractivity contribution in [2.75, 3.05) is 6.54 Å². The maximum atomic E-state index is 13.6. The Morgan fingerprint density at radius 2 is 1.68 bits per heavy atom. The van der Waals surface area contributed by atoms with Gasteiger partial charge in [0, 0.05) is 31.1 Å². The molecule has 3 aromatic carbocycles. The van der Waals surface area contributed by atoms with Gasteiger partial charge < -0.3 is 9.84 Å². The van der Waals surface area contributed by atoms with E-state index < -0.39 is 46.1 Å². The van der Waals surface area contributed by atoms with Crippen LogP contribution in [0.25, 0.3) is 0 Å². The van der Waals surface area contributed by atoms with Crippen LogP contribution in [0.3, 0.4) is 0 Å². The van der Waals surface area contributed by atoms with Crippen LogP contribution in [-0.4, -0.2) is 44.8 Å². The van der Waals surface area contributed by atoms with Gasteiger partial charge in [0.2, 0.25) is 11.8 Å². The molecule has 2 saturated heterocycles. The molecular formula is C30H27N3O7. The maximum Gasteiger partial charge on any atom is 0.325 e. The lowest BCUT2D eigenvalue weighted by molar-refractivity contribution is -0.384. The van der Waals surface area contributed by atoms with Gasteiger partial charge in [0.1, 0.15) is 17.0 Å². The number of carboxylic acids is 1. The summed E-state index contributed by atoms with van der Waals surface area (Å²) in [5, 5.41) is 24.8. The van der Waals surface area contributed by atoms with Crippen molar-refractivity contribution in [2.45, 2.75) is 24.9 Å². The third kappa shape index (κ3) is 4.73. The van der Waals surface area contributed by atoms with Gasteiger partial charge in [-0.1, -0.05) is 54.6 Å². The summed E-state index contributed by atoms with van der Waals surface area (Å²) in [7, 11) is 0. The third-order valence-corrected chi connectivity index (χ3v) is 7.50. The molecule has 0 saturated carbocycles. The van der Waals surface area contributed by atoms with Gasteiger partial charge in [0.25, 0.3) is 5.69 Å². The highest BCUT2D eigenvalue weighted by Crippen LogP contribution is 2.50. The van der Waals surface area contributed by atoms with Crippen LogP contribution >= 0.6 is 0 Å². The molecule has 0 aromatic heterocycles. The fourth-order valence-corrected chi connectivity index (χ4v) is 5.60. The van der Waals surface area contributed by atoms with Crippen LogP contribution < -0.4 is 10.1 Å². The molecule has 0 radical (unpaired) electrons. The minimum absolute atomic E-state index is 0.0466. The Hall–Kier alpha value is -4.83. The van der Waals surface area contributed by atoms with E-state index >= 15 is 0 Å². The topological polar surface area (TPSA) is 139 Å². The Kier molecular flexibility index (Phi) is 7.19. The number of benzene rings is 3. The second-order valence-electron chi connectivity index (χ2n) is 9.84. The zero-order chi connectivity index (χ0) is 28.4. The number of nitrogens with one attached hydrogen (secondary N) is 1. The van der Waals surface area contributed by atoms with Gasteiger partial charge in [-0.25, -0.2) is 0 Å². The number of hydrogen-bond donors (Lipinski definition) is 2. The number of carbonyl (C=O) groups is 3. The van der Waals surface area contributed by atoms with E-state index in [-0.39, 0.29) is 18.7 Å². The second-order valence-corrected chi connectivity index (χ2v) is 9.84. The Labute approximate surface area is 230 Å². The molecule has 5 rings (SSSR count). The number of allylic oxidation sites excluding steroid dienone is 1. The zero-order valence-electron chi connectivity index (χ0n) is 21.6. The molecule has 2 N–H and O–H groups in total. The Morgan fingerprint density at radius 3 is 2.27 bits per heavy atom. The van der Waals surface area contributed by atoms with Crippen molar-refractivity contribution in [1.82, 2.24) is 10.2 Å². The summed E-state index contributed by atoms with van der Waals surface area (Å²) in [6, 6.07) is 21.0. The number of aliphatic carboxylic acids is 1. The largest absolute Gasteiger partial charge is 0.480 e. The fraction of sp³-hybridized carbons (Fsp3) is 0.233. The first-order valence-corrected chi connectivity index (χ1v) is 12.8. The lowest BCUT2D eigenvalue weighted by Gasteiger charge is -2.31. The lowest BCUT2D eigenvalue weighted by Crippen LogP contribution is -2.57. The summed E-state index contributed by atoms with van der Waals surface area (Å²) in [4.78, 5) is 51.9. The van der Waals surface area contributed by atoms with E-state index in [1.54, 1.807) is 43.3 Å². The number of amides is 2. The third-order valence-electron chi connectivity index (χ3n) is 7.50. The van der Waals surface area contributed by atoms with Crippen molar-refractivity contribution in [3.63, 3.8) is 0 Å². The summed E-state index contributed by atoms with van der Waals surface area (Å²) in [6.07, 6.45) is 3.24. The summed E-state index contributed by atoms with van der Waals surface area (Å²) in [6.45, 7) is 1.82. The molecule has 2 aliphatic heterocycles. The van der Waals surface area contributed by atoms with Crippen molar-refractivity contribution < 1.29 is 29.2 Å². The van der Waals surface area contributed by atoms with E-state index in [1.807, 2.05) is 30.3 Å². The van der Waals surface area contributed by atoms with Crippen LogP contribution in [0.15, 0.2) is 91.0 Å². The minimum Gasteiger partial charge on any atom is -0.480 e. The molecule has 10 heteroatoms. The van der Waals surface area contributed by atoms with Crippen LogP contribution in [0.2, 0.25) is 0 Å². The van der Waals surface area contributed by atoms with Crippen LogP contribution in [0.4, 0.5) is 5.69 Å². The van der Waals surface area contributed by atoms with Gasteiger partial charge in [0.05, 0.1) is 16.8 Å². The van der Waals surface area contributed by atoms with Gasteiger partial charge in [-0.05, 0) is 42.3 Å². The molecule has 4 atom stereocenters. The number of hydrogen-bond acceptors (Lipinski definition) is 7. The number of para-hydroxylation sites is 1. The predicted octanol–water partition coefficient (Wildman–Crippen LogP) is 4.27. The molecule has 204 valence electrons. The van der Waals surface area contributed by atoms with Crippen molar-refractivity contribution in [2.24, 2.45) is 11.8 Å². The number of fused-ring (bicyclic) bond motifs is 1. The number of carboxylic acid groups (broad SMARTS) is 1. The van der Waals surface area contributed by atoms with Crippen molar-refractivity contribution >= 4 is 23.5 Å². The summed E-state index contributed by atoms with van der Waals surface area (Å²) < 4.78 is 5.87. The SMILES string of the molecule is CC=CCN1C(=O)C2C(c3ccc(Oc4ccccc4)cc3)NC(Cc3ccc([N+](=O)[O-])cc3)(C(=O)O)C2C1=O. The number of rotatable bonds is 9. The molecule has 2 heterocycles. The molecule has 40 heavy (non-hydrogen) atoms. The fourth-order valence-electron chi connectivity index (χ4n) is 5.60. The van der Waals surface area contributed by atoms with Gasteiger partial charge in [0.15, 0.2) is 0 Å². The van der Waals surface area contributed by atoms with E-state index in [2.05, 4.69) is 5.32 Å². The second kappa shape index (κ2) is 10.7. The molecule has 3 aromatic rings. The first-order valence-electron chi connectivity index (χ1n) is 12.8. The minimum atomic E-state index is -1.82. The summed E-state index contributed by atoms with van der Waals surface area (Å²) in [5.74, 6) is -3.20. The molecule has 2 amide bonds. The smallest absolute Gasteiger partial charge is 0.325 e. The lowest BCUT2D eigenvalue weighted by atomic mass is 9.76. The molecule has 10 nitrogen and oxygen atoms in total. The number of imide groups is 1. The highest BCUT2D eigenvalue weighted by atomic mass is 16.6. The average Bonchev–Trinajstić information content (AvgIpc) is 3.42.